The number of halogens is 1. The van der Waals surface area contributed by atoms with Crippen molar-refractivity contribution in [1.29, 1.82) is 0 Å². The molecule has 0 spiro atoms. The van der Waals surface area contributed by atoms with Crippen LogP contribution in [0.1, 0.15) is 27.0 Å². The number of rotatable bonds is 5. The summed E-state index contributed by atoms with van der Waals surface area (Å²) in [6.45, 7) is 3.76. The van der Waals surface area contributed by atoms with Gasteiger partial charge < -0.3 is 4.90 Å². The number of hydrogen-bond donors (Lipinski definition) is 1. The third-order valence-corrected chi connectivity index (χ3v) is 5.65. The Kier molecular flexibility index (Phi) is 5.59. The van der Waals surface area contributed by atoms with Crippen LogP contribution in [0.4, 0.5) is 4.39 Å². The van der Waals surface area contributed by atoms with Crippen molar-refractivity contribution in [3.8, 4) is 0 Å². The zero-order chi connectivity index (χ0) is 18.8. The van der Waals surface area contributed by atoms with Gasteiger partial charge in [-0.05, 0) is 61.9 Å². The van der Waals surface area contributed by atoms with Crippen molar-refractivity contribution in [3.63, 3.8) is 0 Å². The fraction of sp³-hybridized carbons (Fsp3) is 0.278. The molecule has 7 heteroatoms. The number of carbonyl (C=O) groups excluding carboxylic acids is 1. The Morgan fingerprint density at radius 2 is 1.76 bits per heavy atom. The first-order valence-corrected chi connectivity index (χ1v) is 9.18. The van der Waals surface area contributed by atoms with Gasteiger partial charge in [-0.1, -0.05) is 12.1 Å². The van der Waals surface area contributed by atoms with E-state index in [1.807, 2.05) is 0 Å². The second kappa shape index (κ2) is 7.33. The van der Waals surface area contributed by atoms with Crippen molar-refractivity contribution in [2.24, 2.45) is 0 Å². The minimum Gasteiger partial charge on any atom is -0.337 e. The van der Waals surface area contributed by atoms with E-state index in [1.165, 1.54) is 30.1 Å². The van der Waals surface area contributed by atoms with Crippen LogP contribution < -0.4 is 4.72 Å². The number of nitrogens with one attached hydrogen (secondary N) is 1. The molecule has 2 aromatic carbocycles. The predicted molar refractivity (Wildman–Crippen MR) is 94.4 cm³/mol. The molecular formula is C18H21FN2O3S. The van der Waals surface area contributed by atoms with Crippen LogP contribution in [-0.2, 0) is 16.6 Å². The average Bonchev–Trinajstić information content (AvgIpc) is 2.58. The molecule has 0 aliphatic heterocycles. The largest absolute Gasteiger partial charge is 0.337 e. The van der Waals surface area contributed by atoms with E-state index in [0.717, 1.165) is 11.1 Å². The highest BCUT2D eigenvalue weighted by atomic mass is 32.2. The van der Waals surface area contributed by atoms with E-state index in [9.17, 15) is 17.6 Å². The summed E-state index contributed by atoms with van der Waals surface area (Å²) in [5.74, 6) is -0.645. The summed E-state index contributed by atoms with van der Waals surface area (Å²) in [6.07, 6.45) is 0. The minimum absolute atomic E-state index is 0.0912. The molecule has 0 saturated heterocycles. The van der Waals surface area contributed by atoms with Crippen LogP contribution >= 0.6 is 0 Å². The van der Waals surface area contributed by atoms with Gasteiger partial charge in [-0.25, -0.2) is 17.5 Å². The molecule has 0 aliphatic carbocycles. The topological polar surface area (TPSA) is 66.5 Å². The van der Waals surface area contributed by atoms with Gasteiger partial charge in [0.2, 0.25) is 10.0 Å². The van der Waals surface area contributed by atoms with Crippen LogP contribution in [0.25, 0.3) is 0 Å². The number of amides is 1. The molecule has 0 aliphatic rings. The first-order chi connectivity index (χ1) is 11.7. The molecule has 0 unspecified atom stereocenters. The molecule has 134 valence electrons. The predicted octanol–water partition coefficient (Wildman–Crippen LogP) is 2.62. The van der Waals surface area contributed by atoms with Crippen molar-refractivity contribution in [3.05, 3.63) is 64.5 Å². The van der Waals surface area contributed by atoms with Gasteiger partial charge >= 0.3 is 0 Å². The Balaban J connectivity index is 2.34. The Hall–Kier alpha value is -2.25. The monoisotopic (exact) mass is 364 g/mol. The van der Waals surface area contributed by atoms with Crippen molar-refractivity contribution in [2.75, 3.05) is 14.1 Å². The Bertz CT molecular complexity index is 893. The highest BCUT2D eigenvalue weighted by Gasteiger charge is 2.21. The van der Waals surface area contributed by atoms with Gasteiger partial charge in [0.1, 0.15) is 5.82 Å². The quantitative estimate of drug-likeness (QED) is 0.887. The SMILES string of the molecule is CNS(=O)(=O)c1cc(C(=O)N(C)Cc2ccc(F)cc2)cc(C)c1C. The van der Waals surface area contributed by atoms with Crippen LogP contribution in [0, 0.1) is 19.7 Å². The molecule has 2 aromatic rings. The molecule has 0 bridgehead atoms. The molecule has 25 heavy (non-hydrogen) atoms. The number of aryl methyl sites for hydroxylation is 1. The molecule has 5 nitrogen and oxygen atoms in total. The van der Waals surface area contributed by atoms with Gasteiger partial charge in [-0.15, -0.1) is 0 Å². The van der Waals surface area contributed by atoms with Gasteiger partial charge in [-0.2, -0.15) is 0 Å². The highest BCUT2D eigenvalue weighted by molar-refractivity contribution is 7.89. The van der Waals surface area contributed by atoms with Crippen LogP contribution in [0.3, 0.4) is 0 Å². The average molecular weight is 364 g/mol. The van der Waals surface area contributed by atoms with Gasteiger partial charge in [0, 0.05) is 19.2 Å². The summed E-state index contributed by atoms with van der Waals surface area (Å²) in [6, 6.07) is 8.94. The molecule has 1 amide bonds. The summed E-state index contributed by atoms with van der Waals surface area (Å²) in [4.78, 5) is 14.2. The van der Waals surface area contributed by atoms with Gasteiger partial charge in [0.25, 0.3) is 5.91 Å². The first kappa shape index (κ1) is 19.1. The number of hydrogen-bond acceptors (Lipinski definition) is 3. The van der Waals surface area contributed by atoms with E-state index in [0.29, 0.717) is 17.7 Å². The smallest absolute Gasteiger partial charge is 0.253 e. The van der Waals surface area contributed by atoms with Crippen LogP contribution in [-0.4, -0.2) is 33.3 Å². The molecule has 0 radical (unpaired) electrons. The van der Waals surface area contributed by atoms with Gasteiger partial charge in [0.15, 0.2) is 0 Å². The molecule has 0 aromatic heterocycles. The number of sulfonamides is 1. The second-order valence-electron chi connectivity index (χ2n) is 5.91. The van der Waals surface area contributed by atoms with E-state index in [-0.39, 0.29) is 16.6 Å². The molecule has 2 rings (SSSR count). The maximum atomic E-state index is 13.0. The Morgan fingerprint density at radius 3 is 2.32 bits per heavy atom. The van der Waals surface area contributed by atoms with Crippen molar-refractivity contribution in [1.82, 2.24) is 9.62 Å². The zero-order valence-corrected chi connectivity index (χ0v) is 15.4. The summed E-state index contributed by atoms with van der Waals surface area (Å²) in [5, 5.41) is 0. The normalized spacial score (nSPS) is 11.4. The highest BCUT2D eigenvalue weighted by Crippen LogP contribution is 2.22. The van der Waals surface area contributed by atoms with Crippen molar-refractivity contribution >= 4 is 15.9 Å². The van der Waals surface area contributed by atoms with Crippen molar-refractivity contribution in [2.45, 2.75) is 25.3 Å². The maximum absolute atomic E-state index is 13.0. The summed E-state index contributed by atoms with van der Waals surface area (Å²) < 4.78 is 39.6. The zero-order valence-electron chi connectivity index (χ0n) is 14.6. The van der Waals surface area contributed by atoms with E-state index in [1.54, 1.807) is 39.1 Å². The second-order valence-corrected chi connectivity index (χ2v) is 7.77. The van der Waals surface area contributed by atoms with E-state index >= 15 is 0 Å². The Morgan fingerprint density at radius 1 is 1.16 bits per heavy atom. The first-order valence-electron chi connectivity index (χ1n) is 7.70. The molecule has 0 atom stereocenters. The van der Waals surface area contributed by atoms with E-state index in [4.69, 9.17) is 0 Å². The number of carbonyl (C=O) groups is 1. The Labute approximate surface area is 147 Å². The van der Waals surface area contributed by atoms with Crippen molar-refractivity contribution < 1.29 is 17.6 Å². The summed E-state index contributed by atoms with van der Waals surface area (Å²) >= 11 is 0. The number of benzene rings is 2. The molecule has 0 heterocycles. The molecule has 0 saturated carbocycles. The molecule has 0 fully saturated rings. The standard InChI is InChI=1S/C18H21FN2O3S/c1-12-9-15(10-17(13(12)2)25(23,24)20-3)18(22)21(4)11-14-5-7-16(19)8-6-14/h5-10,20H,11H2,1-4H3. The lowest BCUT2D eigenvalue weighted by molar-refractivity contribution is 0.0784. The summed E-state index contributed by atoms with van der Waals surface area (Å²) in [7, 11) is -0.708. The van der Waals surface area contributed by atoms with Gasteiger partial charge in [-0.3, -0.25) is 4.79 Å². The molecule has 1 N–H and O–H groups in total. The molecular weight excluding hydrogens is 343 g/mol. The fourth-order valence-electron chi connectivity index (χ4n) is 2.50. The van der Waals surface area contributed by atoms with Crippen LogP contribution in [0.5, 0.6) is 0 Å². The maximum Gasteiger partial charge on any atom is 0.253 e. The number of nitrogens with zero attached hydrogens (tertiary/aromatic N) is 1. The van der Waals surface area contributed by atoms with Gasteiger partial charge in [0.05, 0.1) is 4.90 Å². The lowest BCUT2D eigenvalue weighted by atomic mass is 10.1. The lowest BCUT2D eigenvalue weighted by Gasteiger charge is -2.19. The van der Waals surface area contributed by atoms with Crippen LogP contribution in [0.15, 0.2) is 41.3 Å². The lowest BCUT2D eigenvalue weighted by Crippen LogP contribution is -2.27. The third-order valence-electron chi connectivity index (χ3n) is 4.10. The fourth-order valence-corrected chi connectivity index (χ4v) is 3.56. The minimum atomic E-state index is -3.66. The summed E-state index contributed by atoms with van der Waals surface area (Å²) in [5.41, 5.74) is 2.40. The van der Waals surface area contributed by atoms with E-state index < -0.39 is 10.0 Å². The van der Waals surface area contributed by atoms with E-state index in [2.05, 4.69) is 4.72 Å². The van der Waals surface area contributed by atoms with Crippen LogP contribution in [0.2, 0.25) is 0 Å². The third kappa shape index (κ3) is 4.24.